The minimum Gasteiger partial charge on any atom is -0.494 e. The van der Waals surface area contributed by atoms with Crippen LogP contribution in [-0.4, -0.2) is 16.7 Å². The Morgan fingerprint density at radius 3 is 2.95 bits per heavy atom. The highest BCUT2D eigenvalue weighted by atomic mass is 35.5. The van der Waals surface area contributed by atoms with Gasteiger partial charge in [-0.3, -0.25) is 0 Å². The summed E-state index contributed by atoms with van der Waals surface area (Å²) in [6.07, 6.45) is 0.887. The van der Waals surface area contributed by atoms with Crippen molar-refractivity contribution >= 4 is 34.0 Å². The van der Waals surface area contributed by atoms with Crippen LogP contribution >= 0.6 is 22.9 Å². The molecule has 6 heteroatoms. The van der Waals surface area contributed by atoms with Crippen molar-refractivity contribution in [1.82, 2.24) is 9.55 Å². The summed E-state index contributed by atoms with van der Waals surface area (Å²) in [4.78, 5) is 4.41. The Morgan fingerprint density at radius 1 is 1.43 bits per heavy atom. The fourth-order valence-electron chi connectivity index (χ4n) is 2.36. The summed E-state index contributed by atoms with van der Waals surface area (Å²) in [5.74, 6) is 0.853. The average molecular weight is 325 g/mol. The van der Waals surface area contributed by atoms with E-state index in [0.29, 0.717) is 11.4 Å². The zero-order chi connectivity index (χ0) is 14.8. The molecule has 0 N–H and O–H groups in total. The maximum Gasteiger partial charge on any atom is 0.167 e. The Morgan fingerprint density at radius 2 is 2.29 bits per heavy atom. The van der Waals surface area contributed by atoms with Gasteiger partial charge in [-0.05, 0) is 28.8 Å². The van der Waals surface area contributed by atoms with Gasteiger partial charge in [-0.1, -0.05) is 0 Å². The summed E-state index contributed by atoms with van der Waals surface area (Å²) in [7, 11) is 1.46. The molecule has 110 valence electrons. The minimum atomic E-state index is -0.409. The topological polar surface area (TPSA) is 27.1 Å². The molecule has 0 saturated carbocycles. The summed E-state index contributed by atoms with van der Waals surface area (Å²) >= 11 is 7.65. The SMILES string of the molecule is COc1cc2c(cc1F)nc(CCl)n2CCc1ccsc1. The zero-order valence-electron chi connectivity index (χ0n) is 11.5. The van der Waals surface area contributed by atoms with Crippen LogP contribution in [0, 0.1) is 5.82 Å². The van der Waals surface area contributed by atoms with Crippen LogP contribution in [0.1, 0.15) is 11.4 Å². The minimum absolute atomic E-state index is 0.223. The molecule has 0 spiro atoms. The van der Waals surface area contributed by atoms with Crippen LogP contribution in [0.4, 0.5) is 4.39 Å². The number of benzene rings is 1. The largest absolute Gasteiger partial charge is 0.494 e. The van der Waals surface area contributed by atoms with E-state index in [0.717, 1.165) is 24.3 Å². The van der Waals surface area contributed by atoms with Gasteiger partial charge in [0.2, 0.25) is 0 Å². The number of hydrogen-bond donors (Lipinski definition) is 0. The van der Waals surface area contributed by atoms with Crippen molar-refractivity contribution in [2.75, 3.05) is 7.11 Å². The number of alkyl halides is 1. The Kier molecular flexibility index (Phi) is 4.12. The van der Waals surface area contributed by atoms with E-state index >= 15 is 0 Å². The van der Waals surface area contributed by atoms with E-state index in [9.17, 15) is 4.39 Å². The number of halogens is 2. The standard InChI is InChI=1S/C15H14ClFN2OS/c1-20-14-7-13-12(6-11(14)17)18-15(8-16)19(13)4-2-10-3-5-21-9-10/h3,5-7,9H,2,4,8H2,1H3. The Bertz CT molecular complexity index is 755. The number of hydrogen-bond acceptors (Lipinski definition) is 3. The van der Waals surface area contributed by atoms with Crippen molar-refractivity contribution in [3.05, 3.63) is 46.2 Å². The molecule has 0 aliphatic rings. The molecule has 0 saturated heterocycles. The first kappa shape index (κ1) is 14.4. The second-order valence-electron chi connectivity index (χ2n) is 4.67. The van der Waals surface area contributed by atoms with Gasteiger partial charge in [0.25, 0.3) is 0 Å². The molecule has 2 heterocycles. The van der Waals surface area contributed by atoms with Crippen LogP contribution in [0.15, 0.2) is 29.0 Å². The monoisotopic (exact) mass is 324 g/mol. The van der Waals surface area contributed by atoms with E-state index < -0.39 is 5.82 Å². The molecule has 21 heavy (non-hydrogen) atoms. The molecule has 1 aromatic carbocycles. The van der Waals surface area contributed by atoms with Gasteiger partial charge in [0.1, 0.15) is 5.82 Å². The summed E-state index contributed by atoms with van der Waals surface area (Å²) in [6.45, 7) is 0.754. The van der Waals surface area contributed by atoms with E-state index in [2.05, 4.69) is 21.8 Å². The van der Waals surface area contributed by atoms with Crippen LogP contribution in [0.5, 0.6) is 5.75 Å². The number of ether oxygens (including phenoxy) is 1. The number of thiophene rings is 1. The Balaban J connectivity index is 2.01. The van der Waals surface area contributed by atoms with Crippen LogP contribution in [0.2, 0.25) is 0 Å². The first-order valence-corrected chi connectivity index (χ1v) is 8.00. The van der Waals surface area contributed by atoms with E-state index in [1.54, 1.807) is 17.4 Å². The number of methoxy groups -OCH3 is 1. The van der Waals surface area contributed by atoms with E-state index in [4.69, 9.17) is 16.3 Å². The van der Waals surface area contributed by atoms with Crippen molar-refractivity contribution < 1.29 is 9.13 Å². The molecule has 0 atom stereocenters. The maximum atomic E-state index is 13.8. The molecule has 0 unspecified atom stereocenters. The quantitative estimate of drug-likeness (QED) is 0.657. The number of rotatable bonds is 5. The van der Waals surface area contributed by atoms with Gasteiger partial charge in [0, 0.05) is 18.7 Å². The second-order valence-corrected chi connectivity index (χ2v) is 5.72. The van der Waals surface area contributed by atoms with Crippen molar-refractivity contribution in [2.45, 2.75) is 18.8 Å². The summed E-state index contributed by atoms with van der Waals surface area (Å²) in [5.41, 5.74) is 2.73. The van der Waals surface area contributed by atoms with Crippen LogP contribution in [0.3, 0.4) is 0 Å². The van der Waals surface area contributed by atoms with Gasteiger partial charge in [0.05, 0.1) is 24.0 Å². The van der Waals surface area contributed by atoms with E-state index in [1.165, 1.54) is 18.7 Å². The first-order valence-electron chi connectivity index (χ1n) is 6.52. The number of aryl methyl sites for hydroxylation is 2. The van der Waals surface area contributed by atoms with E-state index in [1.807, 2.05) is 4.57 Å². The average Bonchev–Trinajstić information content (AvgIpc) is 3.11. The molecule has 2 aromatic heterocycles. The van der Waals surface area contributed by atoms with Gasteiger partial charge >= 0.3 is 0 Å². The van der Waals surface area contributed by atoms with Gasteiger partial charge < -0.3 is 9.30 Å². The molecule has 3 aromatic rings. The van der Waals surface area contributed by atoms with Crippen molar-refractivity contribution in [1.29, 1.82) is 0 Å². The smallest absolute Gasteiger partial charge is 0.167 e. The lowest BCUT2D eigenvalue weighted by molar-refractivity contribution is 0.387. The third-order valence-corrected chi connectivity index (χ3v) is 4.40. The predicted octanol–water partition coefficient (Wildman–Crippen LogP) is 4.23. The first-order chi connectivity index (χ1) is 10.2. The van der Waals surface area contributed by atoms with Gasteiger partial charge in [0.15, 0.2) is 11.6 Å². The number of imidazole rings is 1. The number of aromatic nitrogens is 2. The van der Waals surface area contributed by atoms with Crippen molar-refractivity contribution in [3.8, 4) is 5.75 Å². The fraction of sp³-hybridized carbons (Fsp3) is 0.267. The molecular formula is C15H14ClFN2OS. The van der Waals surface area contributed by atoms with Gasteiger partial charge in [-0.25, -0.2) is 9.37 Å². The second kappa shape index (κ2) is 6.03. The van der Waals surface area contributed by atoms with E-state index in [-0.39, 0.29) is 5.75 Å². The molecule has 0 aliphatic heterocycles. The normalized spacial score (nSPS) is 11.2. The highest BCUT2D eigenvalue weighted by molar-refractivity contribution is 7.07. The molecule has 0 fully saturated rings. The number of fused-ring (bicyclic) bond motifs is 1. The van der Waals surface area contributed by atoms with Crippen LogP contribution in [-0.2, 0) is 18.8 Å². The third-order valence-electron chi connectivity index (χ3n) is 3.42. The van der Waals surface area contributed by atoms with Gasteiger partial charge in [-0.15, -0.1) is 11.6 Å². The lowest BCUT2D eigenvalue weighted by Gasteiger charge is -2.08. The lowest BCUT2D eigenvalue weighted by Crippen LogP contribution is -2.05. The maximum absolute atomic E-state index is 13.8. The summed E-state index contributed by atoms with van der Waals surface area (Å²) < 4.78 is 20.9. The van der Waals surface area contributed by atoms with Crippen molar-refractivity contribution in [2.24, 2.45) is 0 Å². The molecule has 3 nitrogen and oxygen atoms in total. The Labute approximate surface area is 130 Å². The predicted molar refractivity (Wildman–Crippen MR) is 83.8 cm³/mol. The molecule has 0 aliphatic carbocycles. The van der Waals surface area contributed by atoms with Crippen LogP contribution in [0.25, 0.3) is 11.0 Å². The molecule has 0 bridgehead atoms. The highest BCUT2D eigenvalue weighted by Gasteiger charge is 2.14. The summed E-state index contributed by atoms with van der Waals surface area (Å²) in [5, 5.41) is 4.18. The van der Waals surface area contributed by atoms with Gasteiger partial charge in [-0.2, -0.15) is 11.3 Å². The zero-order valence-corrected chi connectivity index (χ0v) is 13.0. The van der Waals surface area contributed by atoms with Crippen LogP contribution < -0.4 is 4.74 Å². The van der Waals surface area contributed by atoms with Crippen molar-refractivity contribution in [3.63, 3.8) is 0 Å². The molecule has 0 amide bonds. The fourth-order valence-corrected chi connectivity index (χ4v) is 3.27. The highest BCUT2D eigenvalue weighted by Crippen LogP contribution is 2.26. The molecule has 0 radical (unpaired) electrons. The third kappa shape index (κ3) is 2.76. The molecule has 3 rings (SSSR count). The Hall–Kier alpha value is -1.59. The summed E-state index contributed by atoms with van der Waals surface area (Å²) in [6, 6.07) is 5.18. The lowest BCUT2D eigenvalue weighted by atomic mass is 10.2. The number of nitrogens with zero attached hydrogens (tertiary/aromatic N) is 2. The molecular weight excluding hydrogens is 311 g/mol.